The fourth-order valence-electron chi connectivity index (χ4n) is 3.87. The highest BCUT2D eigenvalue weighted by Gasteiger charge is 2.43. The number of pyridine rings is 1. The number of ether oxygens (including phenoxy) is 1. The number of halogens is 3. The number of alkyl halides is 3. The van der Waals surface area contributed by atoms with Crippen molar-refractivity contribution in [1.29, 1.82) is 0 Å². The highest BCUT2D eigenvalue weighted by Crippen LogP contribution is 2.34. The summed E-state index contributed by atoms with van der Waals surface area (Å²) in [6, 6.07) is 5.10. The molecular weight excluding hydrogens is 455 g/mol. The van der Waals surface area contributed by atoms with Crippen molar-refractivity contribution in [1.82, 2.24) is 24.6 Å². The van der Waals surface area contributed by atoms with E-state index in [1.807, 2.05) is 0 Å². The minimum absolute atomic E-state index is 0.103. The predicted octanol–water partition coefficient (Wildman–Crippen LogP) is 2.45. The number of carbonyl (C=O) groups is 3. The lowest BCUT2D eigenvalue weighted by Crippen LogP contribution is -2.30. The van der Waals surface area contributed by atoms with Gasteiger partial charge in [-0.2, -0.15) is 18.3 Å². The molecule has 0 radical (unpaired) electrons. The second kappa shape index (κ2) is 9.12. The summed E-state index contributed by atoms with van der Waals surface area (Å²) in [6.07, 6.45) is 0.800. The number of rotatable bonds is 6. The molecule has 3 aromatic heterocycles. The van der Waals surface area contributed by atoms with E-state index in [0.29, 0.717) is 41.8 Å². The third-order valence-electron chi connectivity index (χ3n) is 5.47. The first kappa shape index (κ1) is 23.2. The summed E-state index contributed by atoms with van der Waals surface area (Å²) >= 11 is 0. The van der Waals surface area contributed by atoms with Gasteiger partial charge in [0.25, 0.3) is 5.91 Å². The zero-order chi connectivity index (χ0) is 24.5. The molecule has 0 aromatic carbocycles. The second-order valence-electron chi connectivity index (χ2n) is 7.72. The van der Waals surface area contributed by atoms with Crippen LogP contribution in [-0.2, 0) is 36.0 Å². The Bertz CT molecular complexity index is 1260. The van der Waals surface area contributed by atoms with Crippen LogP contribution in [0.4, 0.5) is 13.2 Å². The van der Waals surface area contributed by atoms with E-state index in [4.69, 9.17) is 0 Å². The Morgan fingerprint density at radius 2 is 2.00 bits per heavy atom. The molecule has 0 saturated carbocycles. The molecule has 178 valence electrons. The van der Waals surface area contributed by atoms with Crippen molar-refractivity contribution in [2.75, 3.05) is 6.54 Å². The molecule has 0 atom stereocenters. The van der Waals surface area contributed by atoms with Gasteiger partial charge in [0.2, 0.25) is 0 Å². The number of amides is 1. The van der Waals surface area contributed by atoms with Crippen molar-refractivity contribution < 1.29 is 32.3 Å². The average Bonchev–Trinajstić information content (AvgIpc) is 3.39. The molecule has 0 bridgehead atoms. The van der Waals surface area contributed by atoms with Crippen molar-refractivity contribution in [3.63, 3.8) is 0 Å². The Morgan fingerprint density at radius 1 is 1.21 bits per heavy atom. The van der Waals surface area contributed by atoms with Crippen molar-refractivity contribution in [3.05, 3.63) is 59.3 Å². The lowest BCUT2D eigenvalue weighted by atomic mass is 9.90. The molecular formula is C22H20F3N5O4. The Morgan fingerprint density at radius 3 is 2.71 bits per heavy atom. The van der Waals surface area contributed by atoms with Crippen LogP contribution in [0.25, 0.3) is 11.3 Å². The number of aryl methyl sites for hydroxylation is 3. The molecule has 0 spiro atoms. The minimum atomic E-state index is -5.31. The molecule has 1 amide bonds. The van der Waals surface area contributed by atoms with Crippen LogP contribution in [0.1, 0.15) is 38.5 Å². The van der Waals surface area contributed by atoms with Crippen LogP contribution < -0.4 is 5.32 Å². The molecule has 3 aromatic rings. The summed E-state index contributed by atoms with van der Waals surface area (Å²) in [4.78, 5) is 40.2. The number of hydrogen-bond acceptors (Lipinski definition) is 6. The van der Waals surface area contributed by atoms with Crippen molar-refractivity contribution >= 4 is 17.8 Å². The molecule has 0 aliphatic heterocycles. The van der Waals surface area contributed by atoms with Crippen molar-refractivity contribution in [3.8, 4) is 11.3 Å². The second-order valence-corrected chi connectivity index (χ2v) is 7.72. The Labute approximate surface area is 191 Å². The molecule has 12 heteroatoms. The molecule has 3 heterocycles. The largest absolute Gasteiger partial charge is 0.491 e. The number of carbonyl (C=O) groups excluding carboxylic acids is 3. The van der Waals surface area contributed by atoms with E-state index in [-0.39, 0.29) is 24.7 Å². The van der Waals surface area contributed by atoms with E-state index >= 15 is 0 Å². The van der Waals surface area contributed by atoms with Gasteiger partial charge in [-0.1, -0.05) is 0 Å². The van der Waals surface area contributed by atoms with Gasteiger partial charge in [0.05, 0.1) is 5.69 Å². The highest BCUT2D eigenvalue weighted by molar-refractivity contribution is 5.99. The quantitative estimate of drug-likeness (QED) is 0.333. The van der Waals surface area contributed by atoms with Gasteiger partial charge in [-0.25, -0.2) is 9.59 Å². The van der Waals surface area contributed by atoms with Gasteiger partial charge in [-0.15, -0.1) is 0 Å². The number of hydrogen-bond donors (Lipinski definition) is 1. The first-order chi connectivity index (χ1) is 16.2. The van der Waals surface area contributed by atoms with Gasteiger partial charge in [0.1, 0.15) is 5.69 Å². The van der Waals surface area contributed by atoms with E-state index < -0.39 is 18.1 Å². The van der Waals surface area contributed by atoms with Gasteiger partial charge in [0, 0.05) is 49.9 Å². The summed E-state index contributed by atoms with van der Waals surface area (Å²) in [7, 11) is 1.73. The molecule has 0 unspecified atom stereocenters. The number of nitrogens with one attached hydrogen (secondary N) is 1. The fraction of sp³-hybridized carbons (Fsp3) is 0.318. The van der Waals surface area contributed by atoms with Crippen LogP contribution >= 0.6 is 0 Å². The Hall–Kier alpha value is -3.96. The Balaban J connectivity index is 1.55. The van der Waals surface area contributed by atoms with Crippen LogP contribution in [0, 0.1) is 0 Å². The van der Waals surface area contributed by atoms with Gasteiger partial charge in [-0.05, 0) is 43.0 Å². The monoisotopic (exact) mass is 475 g/mol. The van der Waals surface area contributed by atoms with E-state index in [1.165, 1.54) is 4.68 Å². The zero-order valence-electron chi connectivity index (χ0n) is 18.1. The molecule has 0 saturated heterocycles. The number of nitrogens with zero attached hydrogens (tertiary/aromatic N) is 4. The number of esters is 2. The maximum atomic E-state index is 12.7. The molecule has 1 N–H and O–H groups in total. The summed E-state index contributed by atoms with van der Waals surface area (Å²) in [5.41, 5.74) is 2.71. The van der Waals surface area contributed by atoms with Gasteiger partial charge in [-0.3, -0.25) is 14.5 Å². The summed E-state index contributed by atoms with van der Waals surface area (Å²) in [5.74, 6) is -4.29. The first-order valence-corrected chi connectivity index (χ1v) is 10.4. The Kier molecular flexibility index (Phi) is 6.22. The minimum Gasteiger partial charge on any atom is -0.381 e. The summed E-state index contributed by atoms with van der Waals surface area (Å²) in [5, 5.41) is 7.19. The SMILES string of the molecule is Cn1cccc1C(=O)NCCCn1nc2c(c1C(=O)OC(=O)C(F)(F)F)CCc1cnccc1-2. The fourth-order valence-corrected chi connectivity index (χ4v) is 3.87. The van der Waals surface area contributed by atoms with Crippen molar-refractivity contribution in [2.24, 2.45) is 7.05 Å². The maximum Gasteiger partial charge on any atom is 0.491 e. The normalized spacial score (nSPS) is 12.6. The molecule has 4 rings (SSSR count). The van der Waals surface area contributed by atoms with Gasteiger partial charge < -0.3 is 14.6 Å². The zero-order valence-corrected chi connectivity index (χ0v) is 18.1. The standard InChI is InChI=1S/C22H20F3N5O4/c1-29-10-2-4-16(29)19(31)27-8-3-11-30-18(20(32)34-21(33)22(23,24)25)15-6-5-13-12-26-9-7-14(13)17(15)28-30/h2,4,7,9-10,12H,3,5-6,8,11H2,1H3,(H,27,31). The van der Waals surface area contributed by atoms with Crippen LogP contribution in [-0.4, -0.2) is 49.9 Å². The van der Waals surface area contributed by atoms with E-state index in [1.54, 1.807) is 48.4 Å². The van der Waals surface area contributed by atoms with Crippen LogP contribution in [0.5, 0.6) is 0 Å². The number of fused-ring (bicyclic) bond motifs is 3. The lowest BCUT2D eigenvalue weighted by Gasteiger charge is -2.15. The maximum absolute atomic E-state index is 12.7. The molecule has 1 aliphatic rings. The summed E-state index contributed by atoms with van der Waals surface area (Å²) < 4.78 is 45.0. The van der Waals surface area contributed by atoms with E-state index in [0.717, 1.165) is 5.56 Å². The third-order valence-corrected chi connectivity index (χ3v) is 5.47. The predicted molar refractivity (Wildman–Crippen MR) is 112 cm³/mol. The average molecular weight is 475 g/mol. The van der Waals surface area contributed by atoms with Crippen LogP contribution in [0.2, 0.25) is 0 Å². The lowest BCUT2D eigenvalue weighted by molar-refractivity contribution is -0.193. The first-order valence-electron chi connectivity index (χ1n) is 10.4. The van der Waals surface area contributed by atoms with Crippen LogP contribution in [0.3, 0.4) is 0 Å². The molecule has 0 fully saturated rings. The molecule has 9 nitrogen and oxygen atoms in total. The number of aromatic nitrogens is 4. The summed E-state index contributed by atoms with van der Waals surface area (Å²) in [6.45, 7) is 0.330. The van der Waals surface area contributed by atoms with Gasteiger partial charge in [0.15, 0.2) is 5.69 Å². The topological polar surface area (TPSA) is 108 Å². The highest BCUT2D eigenvalue weighted by atomic mass is 19.4. The van der Waals surface area contributed by atoms with Gasteiger partial charge >= 0.3 is 18.1 Å². The van der Waals surface area contributed by atoms with E-state index in [9.17, 15) is 27.6 Å². The molecule has 34 heavy (non-hydrogen) atoms. The van der Waals surface area contributed by atoms with Crippen LogP contribution in [0.15, 0.2) is 36.8 Å². The smallest absolute Gasteiger partial charge is 0.381 e. The third kappa shape index (κ3) is 4.56. The van der Waals surface area contributed by atoms with Crippen molar-refractivity contribution in [2.45, 2.75) is 32.0 Å². The van der Waals surface area contributed by atoms with E-state index in [2.05, 4.69) is 20.1 Å². The molecule has 1 aliphatic carbocycles.